The molecule has 2 aromatic carbocycles. The third kappa shape index (κ3) is 6.50. The minimum atomic E-state index is -1.22. The number of aromatic nitrogens is 3. The highest BCUT2D eigenvalue weighted by atomic mass is 19.1. The van der Waals surface area contributed by atoms with Gasteiger partial charge in [0.05, 0.1) is 45.0 Å². The SMILES string of the molecule is COc1cc(OC)c(F)c(-c2ccc(C(=O)O)c3nccnc23)c1F.C[N+](C)(Cc1ccc(C(N)=O)nc1)C(N)=O. The number of quaternary nitrogens is 1. The first-order valence-corrected chi connectivity index (χ1v) is 11.8. The molecule has 3 amide bonds. The van der Waals surface area contributed by atoms with E-state index in [1.54, 1.807) is 20.2 Å². The Morgan fingerprint density at radius 2 is 1.49 bits per heavy atom. The maximum Gasteiger partial charge on any atom is 0.413 e. The summed E-state index contributed by atoms with van der Waals surface area (Å²) in [6, 6.07) is 6.39. The van der Waals surface area contributed by atoms with Gasteiger partial charge in [-0.25, -0.2) is 22.9 Å². The van der Waals surface area contributed by atoms with Crippen molar-refractivity contribution in [1.82, 2.24) is 15.0 Å². The Hall–Kier alpha value is -5.24. The van der Waals surface area contributed by atoms with Crippen molar-refractivity contribution in [2.24, 2.45) is 11.5 Å². The minimum absolute atomic E-state index is 0.0214. The lowest BCUT2D eigenvalue weighted by Gasteiger charge is -2.23. The molecule has 0 spiro atoms. The van der Waals surface area contributed by atoms with E-state index in [0.717, 1.165) is 11.6 Å². The summed E-state index contributed by atoms with van der Waals surface area (Å²) in [7, 11) is 5.88. The number of ether oxygens (including phenoxy) is 2. The van der Waals surface area contributed by atoms with E-state index >= 15 is 0 Å². The summed E-state index contributed by atoms with van der Waals surface area (Å²) < 4.78 is 39.4. The molecule has 214 valence electrons. The lowest BCUT2D eigenvalue weighted by atomic mass is 9.99. The predicted octanol–water partition coefficient (Wildman–Crippen LogP) is 3.13. The first-order chi connectivity index (χ1) is 19.3. The highest BCUT2D eigenvalue weighted by Gasteiger charge is 2.25. The lowest BCUT2D eigenvalue weighted by Crippen LogP contribution is -2.48. The predicted molar refractivity (Wildman–Crippen MR) is 143 cm³/mol. The van der Waals surface area contributed by atoms with Gasteiger partial charge in [-0.2, -0.15) is 0 Å². The Morgan fingerprint density at radius 3 is 1.95 bits per heavy atom. The van der Waals surface area contributed by atoms with E-state index < -0.39 is 35.1 Å². The van der Waals surface area contributed by atoms with Crippen LogP contribution in [0.3, 0.4) is 0 Å². The molecule has 4 rings (SSSR count). The van der Waals surface area contributed by atoms with E-state index in [1.807, 2.05) is 0 Å². The van der Waals surface area contributed by atoms with Crippen molar-refractivity contribution in [2.75, 3.05) is 28.3 Å². The van der Waals surface area contributed by atoms with Crippen molar-refractivity contribution in [3.05, 3.63) is 77.4 Å². The largest absolute Gasteiger partial charge is 0.494 e. The Kier molecular flexibility index (Phi) is 9.09. The zero-order chi connectivity index (χ0) is 30.5. The molecule has 41 heavy (non-hydrogen) atoms. The number of carboxylic acid groups (broad SMARTS) is 1. The number of pyridine rings is 1. The fourth-order valence-electron chi connectivity index (χ4n) is 3.75. The molecule has 0 unspecified atom stereocenters. The van der Waals surface area contributed by atoms with Crippen LogP contribution in [0.4, 0.5) is 13.6 Å². The van der Waals surface area contributed by atoms with E-state index in [2.05, 4.69) is 15.0 Å². The van der Waals surface area contributed by atoms with Crippen LogP contribution in [0, 0.1) is 11.6 Å². The number of carbonyl (C=O) groups is 3. The number of amides is 3. The van der Waals surface area contributed by atoms with Gasteiger partial charge in [0.2, 0.25) is 0 Å². The van der Waals surface area contributed by atoms with E-state index in [4.69, 9.17) is 20.9 Å². The molecule has 0 radical (unpaired) electrons. The minimum Gasteiger partial charge on any atom is -0.494 e. The zero-order valence-electron chi connectivity index (χ0n) is 22.5. The fraction of sp³-hybridized carbons (Fsp3) is 0.185. The summed E-state index contributed by atoms with van der Waals surface area (Å²) in [5, 5.41) is 9.26. The maximum atomic E-state index is 14.7. The molecule has 2 aromatic heterocycles. The number of carbonyl (C=O) groups excluding carboxylic acids is 2. The molecule has 0 aliphatic carbocycles. The van der Waals surface area contributed by atoms with Gasteiger partial charge in [0.15, 0.2) is 23.1 Å². The number of benzene rings is 2. The Bertz CT molecular complexity index is 1600. The van der Waals surface area contributed by atoms with Gasteiger partial charge in [-0.15, -0.1) is 0 Å². The molecule has 0 atom stereocenters. The summed E-state index contributed by atoms with van der Waals surface area (Å²) >= 11 is 0. The number of halogens is 2. The number of hydrogen-bond donors (Lipinski definition) is 3. The van der Waals surface area contributed by atoms with E-state index in [1.165, 1.54) is 51.0 Å². The first kappa shape index (κ1) is 30.3. The summed E-state index contributed by atoms with van der Waals surface area (Å²) in [6.07, 6.45) is 4.13. The van der Waals surface area contributed by atoms with Gasteiger partial charge < -0.3 is 26.0 Å². The topological polar surface area (TPSA) is 181 Å². The number of nitrogens with zero attached hydrogens (tertiary/aromatic N) is 4. The van der Waals surface area contributed by atoms with Crippen LogP contribution in [-0.2, 0) is 6.54 Å². The average Bonchev–Trinajstić information content (AvgIpc) is 2.93. The number of urea groups is 1. The molecule has 0 fully saturated rings. The second kappa shape index (κ2) is 12.3. The van der Waals surface area contributed by atoms with Gasteiger partial charge in [0.25, 0.3) is 5.91 Å². The van der Waals surface area contributed by atoms with Crippen molar-refractivity contribution < 1.29 is 42.2 Å². The Morgan fingerprint density at radius 1 is 0.902 bits per heavy atom. The number of aromatic carboxylic acids is 1. The number of methoxy groups -OCH3 is 2. The number of nitrogens with two attached hydrogens (primary N) is 2. The number of hydrogen-bond acceptors (Lipinski definition) is 8. The van der Waals surface area contributed by atoms with Gasteiger partial charge >= 0.3 is 12.0 Å². The lowest BCUT2D eigenvalue weighted by molar-refractivity contribution is -0.821. The summed E-state index contributed by atoms with van der Waals surface area (Å²) in [5.41, 5.74) is 10.9. The van der Waals surface area contributed by atoms with Crippen molar-refractivity contribution in [3.63, 3.8) is 0 Å². The fourth-order valence-corrected chi connectivity index (χ4v) is 3.75. The molecule has 0 saturated heterocycles. The van der Waals surface area contributed by atoms with Gasteiger partial charge in [0.1, 0.15) is 17.8 Å². The molecule has 2 heterocycles. The van der Waals surface area contributed by atoms with Crippen LogP contribution in [0.5, 0.6) is 11.5 Å². The number of fused-ring (bicyclic) bond motifs is 1. The molecule has 5 N–H and O–H groups in total. The van der Waals surface area contributed by atoms with E-state index in [0.29, 0.717) is 6.54 Å². The van der Waals surface area contributed by atoms with Crippen LogP contribution >= 0.6 is 0 Å². The second-order valence-corrected chi connectivity index (χ2v) is 9.10. The molecular weight excluding hydrogens is 542 g/mol. The third-order valence-electron chi connectivity index (χ3n) is 5.95. The first-order valence-electron chi connectivity index (χ1n) is 11.8. The van der Waals surface area contributed by atoms with Gasteiger partial charge in [-0.3, -0.25) is 19.7 Å². The number of primary amides is 2. The third-order valence-corrected chi connectivity index (χ3v) is 5.95. The molecule has 0 aliphatic heterocycles. The Balaban J connectivity index is 0.000000250. The van der Waals surface area contributed by atoms with Gasteiger partial charge in [-0.05, 0) is 18.2 Å². The average molecular weight is 570 g/mol. The Labute approximate surface area is 232 Å². The van der Waals surface area contributed by atoms with Gasteiger partial charge in [0, 0.05) is 35.8 Å². The van der Waals surface area contributed by atoms with E-state index in [9.17, 15) is 28.3 Å². The van der Waals surface area contributed by atoms with Crippen molar-refractivity contribution >= 4 is 28.9 Å². The molecule has 0 aliphatic rings. The maximum absolute atomic E-state index is 14.7. The van der Waals surface area contributed by atoms with Crippen LogP contribution in [0.15, 0.2) is 48.9 Å². The smallest absolute Gasteiger partial charge is 0.413 e. The highest BCUT2D eigenvalue weighted by molar-refractivity contribution is 6.05. The summed E-state index contributed by atoms with van der Waals surface area (Å²) in [5.74, 6) is -4.12. The molecule has 14 heteroatoms. The quantitative estimate of drug-likeness (QED) is 0.282. The molecule has 12 nitrogen and oxygen atoms in total. The molecule has 4 aromatic rings. The second-order valence-electron chi connectivity index (χ2n) is 9.10. The number of carboxylic acids is 1. The highest BCUT2D eigenvalue weighted by Crippen LogP contribution is 2.40. The molecule has 0 bridgehead atoms. The normalized spacial score (nSPS) is 10.9. The molecule has 0 saturated carbocycles. The van der Waals surface area contributed by atoms with Crippen molar-refractivity contribution in [1.29, 1.82) is 0 Å². The number of rotatable bonds is 7. The van der Waals surface area contributed by atoms with E-state index in [-0.39, 0.29) is 43.8 Å². The standard InChI is InChI=1S/C17H12F2N2O4.C10H14N4O2/c1-24-10-7-11(25-2)14(19)12(13(10)18)8-3-4-9(17(22)23)16-15(8)20-5-6-21-16;1-14(2,10(12)16)6-7-3-4-8(9(11)15)13-5-7/h3-7H,1-2H3,(H,22,23);3-5H,6H2,1-2H3,(H3-,11,12,15,16)/p+1. The van der Waals surface area contributed by atoms with Crippen LogP contribution in [0.2, 0.25) is 0 Å². The van der Waals surface area contributed by atoms with Gasteiger partial charge in [-0.1, -0.05) is 6.07 Å². The molecular formula is C27H27F2N6O6+. The van der Waals surface area contributed by atoms with Crippen molar-refractivity contribution in [3.8, 4) is 22.6 Å². The van der Waals surface area contributed by atoms with Crippen LogP contribution in [0.1, 0.15) is 26.4 Å². The monoisotopic (exact) mass is 569 g/mol. The summed E-state index contributed by atoms with van der Waals surface area (Å²) in [6.45, 7) is 0.418. The van der Waals surface area contributed by atoms with Crippen LogP contribution < -0.4 is 20.9 Å². The summed E-state index contributed by atoms with van der Waals surface area (Å²) in [4.78, 5) is 45.1. The van der Waals surface area contributed by atoms with Crippen LogP contribution in [-0.4, -0.2) is 70.8 Å². The zero-order valence-corrected chi connectivity index (χ0v) is 22.5. The van der Waals surface area contributed by atoms with Crippen molar-refractivity contribution in [2.45, 2.75) is 6.54 Å². The van der Waals surface area contributed by atoms with Crippen LogP contribution in [0.25, 0.3) is 22.2 Å².